The molecule has 0 aromatic heterocycles. The molecule has 2 nitrogen and oxygen atoms in total. The van der Waals surface area contributed by atoms with Gasteiger partial charge in [0.25, 0.3) is 0 Å². The molecule has 0 aromatic carbocycles. The molecule has 0 spiro atoms. The number of hydrogen-bond donors (Lipinski definition) is 1. The first-order chi connectivity index (χ1) is 3.12. The zero-order chi connectivity index (χ0) is 5.91. The second kappa shape index (κ2) is 2.61. The summed E-state index contributed by atoms with van der Waals surface area (Å²) in [6.07, 6.45) is 0. The van der Waals surface area contributed by atoms with Crippen molar-refractivity contribution in [1.82, 2.24) is 0 Å². The van der Waals surface area contributed by atoms with Gasteiger partial charge in [0.2, 0.25) is 0 Å². The minimum absolute atomic E-state index is 0.669. The Hall–Kier alpha value is 0.354. The van der Waals surface area contributed by atoms with E-state index in [0.717, 1.165) is 6.04 Å². The second-order valence-electron chi connectivity index (χ2n) is 1.73. The smallest absolute Gasteiger partial charge is 0.321 e. The van der Waals surface area contributed by atoms with Crippen molar-refractivity contribution in [2.24, 2.45) is 0 Å². The quantitative estimate of drug-likeness (QED) is 0.512. The zero-order valence-corrected chi connectivity index (χ0v) is 8.06. The molecule has 0 aromatic rings. The second-order valence-corrected chi connectivity index (χ2v) is 6.42. The van der Waals surface area contributed by atoms with Crippen molar-refractivity contribution >= 4 is 19.0 Å². The molecule has 7 heavy (non-hydrogen) atoms. The molecule has 0 saturated carbocycles. The van der Waals surface area contributed by atoms with Crippen LogP contribution in [0.25, 0.3) is 0 Å². The van der Waals surface area contributed by atoms with Crippen LogP contribution in [-0.4, -0.2) is 23.8 Å². The van der Waals surface area contributed by atoms with Crippen LogP contribution >= 0.6 is 0 Å². The molecule has 0 bridgehead atoms. The van der Waals surface area contributed by atoms with Crippen molar-refractivity contribution in [3.63, 3.8) is 0 Å². The van der Waals surface area contributed by atoms with E-state index in [-0.39, 0.29) is 0 Å². The molecule has 4 heteroatoms. The van der Waals surface area contributed by atoms with Gasteiger partial charge in [0, 0.05) is 0 Å². The van der Waals surface area contributed by atoms with Crippen molar-refractivity contribution < 1.29 is 8.91 Å². The molecule has 0 saturated heterocycles. The Bertz CT molecular complexity index is 48.9. The van der Waals surface area contributed by atoms with Crippen molar-refractivity contribution in [3.8, 4) is 0 Å². The van der Waals surface area contributed by atoms with Crippen molar-refractivity contribution in [2.75, 3.05) is 0 Å². The average molecular weight is 136 g/mol. The Kier molecular flexibility index (Phi) is 2.74. The summed E-state index contributed by atoms with van der Waals surface area (Å²) < 4.78 is 4.92. The fourth-order valence-electron chi connectivity index (χ4n) is 0.144. The lowest BCUT2D eigenvalue weighted by molar-refractivity contribution is 0.401. The van der Waals surface area contributed by atoms with E-state index in [1.807, 2.05) is 6.92 Å². The summed E-state index contributed by atoms with van der Waals surface area (Å²) in [4.78, 5) is 9.08. The lowest BCUT2D eigenvalue weighted by atomic mass is 11.0. The highest BCUT2D eigenvalue weighted by Gasteiger charge is 2.19. The first-order valence-corrected chi connectivity index (χ1v) is 5.78. The van der Waals surface area contributed by atoms with E-state index >= 15 is 0 Å². The molecule has 0 aliphatic rings. The largest absolute Gasteiger partial charge is 0.445 e. The van der Waals surface area contributed by atoms with E-state index in [4.69, 9.17) is 8.91 Å². The third-order valence-corrected chi connectivity index (χ3v) is 5.93. The SMILES string of the molecule is CC[Si](C)(O)O[SiH3]. The fourth-order valence-corrected chi connectivity index (χ4v) is 1.30. The fraction of sp³-hybridized carbons (Fsp3) is 1.00. The molecule has 1 N–H and O–H groups in total. The zero-order valence-electron chi connectivity index (χ0n) is 5.06. The van der Waals surface area contributed by atoms with Crippen LogP contribution in [0.1, 0.15) is 6.92 Å². The molecular formula is C3H12O2Si2. The van der Waals surface area contributed by atoms with Gasteiger partial charge in [0.1, 0.15) is 10.5 Å². The molecule has 1 atom stereocenters. The van der Waals surface area contributed by atoms with Gasteiger partial charge in [-0.05, 0) is 12.6 Å². The van der Waals surface area contributed by atoms with E-state index in [1.54, 1.807) is 6.55 Å². The van der Waals surface area contributed by atoms with Crippen LogP contribution < -0.4 is 0 Å². The maximum atomic E-state index is 9.08. The Morgan fingerprint density at radius 1 is 1.86 bits per heavy atom. The molecule has 0 rings (SSSR count). The van der Waals surface area contributed by atoms with Crippen LogP contribution in [0.4, 0.5) is 0 Å². The monoisotopic (exact) mass is 136 g/mol. The van der Waals surface area contributed by atoms with Gasteiger partial charge < -0.3 is 8.91 Å². The normalized spacial score (nSPS) is 19.3. The van der Waals surface area contributed by atoms with Crippen LogP contribution in [0.5, 0.6) is 0 Å². The minimum atomic E-state index is -2.09. The van der Waals surface area contributed by atoms with Gasteiger partial charge in [-0.3, -0.25) is 0 Å². The third kappa shape index (κ3) is 2.98. The molecule has 0 amide bonds. The van der Waals surface area contributed by atoms with Crippen molar-refractivity contribution in [3.05, 3.63) is 0 Å². The topological polar surface area (TPSA) is 29.5 Å². The molecular weight excluding hydrogens is 124 g/mol. The van der Waals surface area contributed by atoms with Crippen LogP contribution in [0.15, 0.2) is 0 Å². The summed E-state index contributed by atoms with van der Waals surface area (Å²) >= 11 is 0. The van der Waals surface area contributed by atoms with Gasteiger partial charge in [-0.1, -0.05) is 6.92 Å². The van der Waals surface area contributed by atoms with Crippen LogP contribution in [-0.2, 0) is 4.12 Å². The van der Waals surface area contributed by atoms with E-state index in [2.05, 4.69) is 0 Å². The van der Waals surface area contributed by atoms with Crippen molar-refractivity contribution in [2.45, 2.75) is 19.5 Å². The highest BCUT2D eigenvalue weighted by atomic mass is 28.4. The van der Waals surface area contributed by atoms with Gasteiger partial charge in [-0.25, -0.2) is 0 Å². The lowest BCUT2D eigenvalue weighted by Crippen LogP contribution is -2.32. The van der Waals surface area contributed by atoms with Gasteiger partial charge in [0.05, 0.1) is 0 Å². The molecule has 0 heterocycles. The first-order valence-electron chi connectivity index (χ1n) is 2.40. The van der Waals surface area contributed by atoms with Crippen LogP contribution in [0.3, 0.4) is 0 Å². The van der Waals surface area contributed by atoms with Gasteiger partial charge >= 0.3 is 8.56 Å². The molecule has 0 radical (unpaired) electrons. The Balaban J connectivity index is 3.36. The Morgan fingerprint density at radius 2 is 2.29 bits per heavy atom. The maximum absolute atomic E-state index is 9.08. The summed E-state index contributed by atoms with van der Waals surface area (Å²) in [6.45, 7) is 3.75. The highest BCUT2D eigenvalue weighted by Crippen LogP contribution is 2.01. The predicted molar refractivity (Wildman–Crippen MR) is 35.3 cm³/mol. The van der Waals surface area contributed by atoms with E-state index in [9.17, 15) is 0 Å². The molecule has 1 unspecified atom stereocenters. The molecule has 0 fully saturated rings. The van der Waals surface area contributed by atoms with Crippen LogP contribution in [0, 0.1) is 0 Å². The van der Waals surface area contributed by atoms with Gasteiger partial charge in [0.15, 0.2) is 0 Å². The van der Waals surface area contributed by atoms with Crippen LogP contribution in [0.2, 0.25) is 12.6 Å². The lowest BCUT2D eigenvalue weighted by Gasteiger charge is -2.14. The standard InChI is InChI=1S/C3H12O2Si2/c1-3-7(2,4)5-6/h4H,3H2,1-2,6H3. The summed E-state index contributed by atoms with van der Waals surface area (Å²) in [5.74, 6) is 0. The number of hydrogen-bond acceptors (Lipinski definition) is 2. The first kappa shape index (κ1) is 7.35. The highest BCUT2D eigenvalue weighted by molar-refractivity contribution is 6.67. The molecule has 0 aliphatic heterocycles. The third-order valence-electron chi connectivity index (χ3n) is 1.10. The van der Waals surface area contributed by atoms with Gasteiger partial charge in [-0.15, -0.1) is 0 Å². The summed E-state index contributed by atoms with van der Waals surface area (Å²) in [5.41, 5.74) is 0. The van der Waals surface area contributed by atoms with E-state index in [1.165, 1.54) is 0 Å². The van der Waals surface area contributed by atoms with Crippen molar-refractivity contribution in [1.29, 1.82) is 0 Å². The predicted octanol–water partition coefficient (Wildman–Crippen LogP) is -0.632. The molecule has 44 valence electrons. The summed E-state index contributed by atoms with van der Waals surface area (Å²) in [5, 5.41) is 0. The Morgan fingerprint density at radius 3 is 2.29 bits per heavy atom. The number of rotatable bonds is 2. The Labute approximate surface area is 48.3 Å². The van der Waals surface area contributed by atoms with E-state index in [0.29, 0.717) is 10.5 Å². The van der Waals surface area contributed by atoms with Gasteiger partial charge in [-0.2, -0.15) is 0 Å². The summed E-state index contributed by atoms with van der Waals surface area (Å²) in [7, 11) is -1.42. The van der Waals surface area contributed by atoms with E-state index < -0.39 is 8.56 Å². The maximum Gasteiger partial charge on any atom is 0.321 e. The average Bonchev–Trinajstić information content (AvgIpc) is 1.68. The minimum Gasteiger partial charge on any atom is -0.445 e. The summed E-state index contributed by atoms with van der Waals surface area (Å²) in [6, 6.07) is 0.802. The molecule has 0 aliphatic carbocycles.